The van der Waals surface area contributed by atoms with E-state index in [9.17, 15) is 4.79 Å². The Hall–Kier alpha value is -1.13. The van der Waals surface area contributed by atoms with E-state index in [1.165, 1.54) is 0 Å². The van der Waals surface area contributed by atoms with Gasteiger partial charge in [-0.25, -0.2) is 0 Å². The Morgan fingerprint density at radius 2 is 1.71 bits per heavy atom. The van der Waals surface area contributed by atoms with Crippen molar-refractivity contribution < 1.29 is 9.53 Å². The number of benzene rings is 2. The van der Waals surface area contributed by atoms with Crippen LogP contribution >= 0.6 is 31.9 Å². The summed E-state index contributed by atoms with van der Waals surface area (Å²) in [5.41, 5.74) is 0.611. The summed E-state index contributed by atoms with van der Waals surface area (Å²) in [4.78, 5) is 10.6. The van der Waals surface area contributed by atoms with E-state index in [-0.39, 0.29) is 0 Å². The van der Waals surface area contributed by atoms with Crippen molar-refractivity contribution >= 4 is 38.1 Å². The number of hydrogen-bond donors (Lipinski definition) is 0. The highest BCUT2D eigenvalue weighted by molar-refractivity contribution is 9.10. The lowest BCUT2D eigenvalue weighted by Crippen LogP contribution is -1.87. The van der Waals surface area contributed by atoms with Gasteiger partial charge in [-0.15, -0.1) is 0 Å². The molecule has 86 valence electrons. The Balaban J connectivity index is 2.24. The fourth-order valence-corrected chi connectivity index (χ4v) is 2.04. The van der Waals surface area contributed by atoms with E-state index < -0.39 is 0 Å². The van der Waals surface area contributed by atoms with Crippen LogP contribution in [0.15, 0.2) is 51.4 Å². The average Bonchev–Trinajstić information content (AvgIpc) is 2.34. The van der Waals surface area contributed by atoms with Gasteiger partial charge in [0.2, 0.25) is 0 Å². The van der Waals surface area contributed by atoms with Gasteiger partial charge >= 0.3 is 0 Å². The first-order valence-corrected chi connectivity index (χ1v) is 6.46. The second-order valence-electron chi connectivity index (χ2n) is 3.36. The summed E-state index contributed by atoms with van der Waals surface area (Å²) < 4.78 is 7.43. The molecule has 0 unspecified atom stereocenters. The average molecular weight is 356 g/mol. The third-order valence-corrected chi connectivity index (χ3v) is 3.28. The zero-order chi connectivity index (χ0) is 12.3. The fraction of sp³-hybridized carbons (Fsp3) is 0. The van der Waals surface area contributed by atoms with Crippen LogP contribution in [0.1, 0.15) is 10.4 Å². The summed E-state index contributed by atoms with van der Waals surface area (Å²) >= 11 is 6.73. The lowest BCUT2D eigenvalue weighted by atomic mass is 10.2. The molecule has 0 bridgehead atoms. The predicted octanol–water partition coefficient (Wildman–Crippen LogP) is 4.82. The molecule has 2 nitrogen and oxygen atoms in total. The van der Waals surface area contributed by atoms with Crippen LogP contribution in [-0.4, -0.2) is 6.29 Å². The fourth-order valence-electron chi connectivity index (χ4n) is 1.30. The number of carbonyl (C=O) groups excluding carboxylic acids is 1. The topological polar surface area (TPSA) is 26.3 Å². The van der Waals surface area contributed by atoms with Crippen LogP contribution in [-0.2, 0) is 0 Å². The Bertz CT molecular complexity index is 536. The van der Waals surface area contributed by atoms with Crippen molar-refractivity contribution in [2.24, 2.45) is 0 Å². The van der Waals surface area contributed by atoms with Gasteiger partial charge in [-0.3, -0.25) is 4.79 Å². The molecule has 2 aromatic carbocycles. The first-order valence-electron chi connectivity index (χ1n) is 4.87. The number of carbonyl (C=O) groups is 1. The summed E-state index contributed by atoms with van der Waals surface area (Å²) in [7, 11) is 0. The van der Waals surface area contributed by atoms with Crippen LogP contribution in [0.4, 0.5) is 0 Å². The van der Waals surface area contributed by atoms with Gasteiger partial charge in [-0.1, -0.05) is 15.9 Å². The summed E-state index contributed by atoms with van der Waals surface area (Å²) in [5, 5.41) is 0. The van der Waals surface area contributed by atoms with Gasteiger partial charge in [0.1, 0.15) is 17.8 Å². The summed E-state index contributed by atoms with van der Waals surface area (Å²) in [6, 6.07) is 12.7. The summed E-state index contributed by atoms with van der Waals surface area (Å²) in [6.45, 7) is 0. The minimum atomic E-state index is 0.611. The highest BCUT2D eigenvalue weighted by Gasteiger charge is 2.03. The first kappa shape index (κ1) is 12.3. The second-order valence-corrected chi connectivity index (χ2v) is 5.13. The molecule has 0 aliphatic carbocycles. The maximum Gasteiger partial charge on any atom is 0.150 e. The predicted molar refractivity (Wildman–Crippen MR) is 73.7 cm³/mol. The summed E-state index contributed by atoms with van der Waals surface area (Å²) in [6.07, 6.45) is 0.800. The van der Waals surface area contributed by atoms with Crippen molar-refractivity contribution in [2.45, 2.75) is 0 Å². The maximum atomic E-state index is 10.6. The molecule has 0 fully saturated rings. The molecule has 0 N–H and O–H groups in total. The quantitative estimate of drug-likeness (QED) is 0.738. The summed E-state index contributed by atoms with van der Waals surface area (Å²) in [5.74, 6) is 1.42. The second kappa shape index (κ2) is 5.47. The van der Waals surface area contributed by atoms with Crippen molar-refractivity contribution in [3.8, 4) is 11.5 Å². The zero-order valence-electron chi connectivity index (χ0n) is 8.69. The molecule has 0 aromatic heterocycles. The van der Waals surface area contributed by atoms with E-state index >= 15 is 0 Å². The van der Waals surface area contributed by atoms with Crippen molar-refractivity contribution in [1.82, 2.24) is 0 Å². The van der Waals surface area contributed by atoms with Crippen LogP contribution in [0.25, 0.3) is 0 Å². The van der Waals surface area contributed by atoms with Crippen LogP contribution in [0, 0.1) is 0 Å². The van der Waals surface area contributed by atoms with Crippen LogP contribution in [0.2, 0.25) is 0 Å². The maximum absolute atomic E-state index is 10.6. The van der Waals surface area contributed by atoms with Gasteiger partial charge in [-0.05, 0) is 58.4 Å². The van der Waals surface area contributed by atoms with Gasteiger partial charge < -0.3 is 4.74 Å². The minimum absolute atomic E-state index is 0.611. The largest absolute Gasteiger partial charge is 0.456 e. The molecule has 2 rings (SSSR count). The lowest BCUT2D eigenvalue weighted by molar-refractivity contribution is 0.112. The third-order valence-electron chi connectivity index (χ3n) is 2.13. The molecular weight excluding hydrogens is 348 g/mol. The van der Waals surface area contributed by atoms with Crippen LogP contribution in [0.5, 0.6) is 11.5 Å². The highest BCUT2D eigenvalue weighted by atomic mass is 79.9. The molecular formula is C13H8Br2O2. The molecule has 0 saturated carbocycles. The molecule has 17 heavy (non-hydrogen) atoms. The first-order chi connectivity index (χ1) is 8.19. The van der Waals surface area contributed by atoms with E-state index in [1.54, 1.807) is 18.2 Å². The van der Waals surface area contributed by atoms with Gasteiger partial charge in [-0.2, -0.15) is 0 Å². The van der Waals surface area contributed by atoms with E-state index in [4.69, 9.17) is 4.74 Å². The SMILES string of the molecule is O=Cc1ccc(Oc2ccc(Br)cc2)c(Br)c1. The lowest BCUT2D eigenvalue weighted by Gasteiger charge is -2.08. The molecule has 0 saturated heterocycles. The van der Waals surface area contributed by atoms with E-state index in [1.807, 2.05) is 24.3 Å². The smallest absolute Gasteiger partial charge is 0.150 e. The highest BCUT2D eigenvalue weighted by Crippen LogP contribution is 2.30. The number of halogens is 2. The molecule has 0 spiro atoms. The van der Waals surface area contributed by atoms with E-state index in [0.717, 1.165) is 21.0 Å². The van der Waals surface area contributed by atoms with Crippen molar-refractivity contribution in [3.63, 3.8) is 0 Å². The molecule has 0 heterocycles. The molecule has 0 aliphatic heterocycles. The molecule has 0 radical (unpaired) electrons. The number of ether oxygens (including phenoxy) is 1. The Morgan fingerprint density at radius 3 is 2.29 bits per heavy atom. The van der Waals surface area contributed by atoms with E-state index in [2.05, 4.69) is 31.9 Å². The molecule has 4 heteroatoms. The van der Waals surface area contributed by atoms with Crippen LogP contribution in [0.3, 0.4) is 0 Å². The molecule has 2 aromatic rings. The molecule has 0 amide bonds. The monoisotopic (exact) mass is 354 g/mol. The standard InChI is InChI=1S/C13H8Br2O2/c14-10-2-4-11(5-3-10)17-13-6-1-9(8-16)7-12(13)15/h1-8H. The van der Waals surface area contributed by atoms with Crippen LogP contribution < -0.4 is 4.74 Å². The molecule has 0 aliphatic rings. The number of hydrogen-bond acceptors (Lipinski definition) is 2. The Labute approximate surface area is 116 Å². The van der Waals surface area contributed by atoms with Gasteiger partial charge in [0, 0.05) is 10.0 Å². The van der Waals surface area contributed by atoms with Crippen molar-refractivity contribution in [3.05, 3.63) is 57.0 Å². The van der Waals surface area contributed by atoms with E-state index in [0.29, 0.717) is 11.3 Å². The van der Waals surface area contributed by atoms with Gasteiger partial charge in [0.05, 0.1) is 4.47 Å². The normalized spacial score (nSPS) is 10.0. The molecule has 0 atom stereocenters. The third kappa shape index (κ3) is 3.17. The Kier molecular flexibility index (Phi) is 3.97. The Morgan fingerprint density at radius 1 is 1.00 bits per heavy atom. The van der Waals surface area contributed by atoms with Gasteiger partial charge in [0.15, 0.2) is 0 Å². The van der Waals surface area contributed by atoms with Crippen molar-refractivity contribution in [2.75, 3.05) is 0 Å². The zero-order valence-corrected chi connectivity index (χ0v) is 11.9. The number of rotatable bonds is 3. The van der Waals surface area contributed by atoms with Crippen molar-refractivity contribution in [1.29, 1.82) is 0 Å². The van der Waals surface area contributed by atoms with Gasteiger partial charge in [0.25, 0.3) is 0 Å². The minimum Gasteiger partial charge on any atom is -0.456 e. The number of aldehydes is 1.